The Morgan fingerprint density at radius 2 is 1.81 bits per heavy atom. The van der Waals surface area contributed by atoms with E-state index in [1.165, 1.54) is 12.1 Å². The molecule has 0 saturated heterocycles. The SMILES string of the molecule is Cc1cc(-c2cc(Br)ccc2Br)c(C#N)c(N(C)c2[c-]cc(F)cc2)c1.[Li+]. The Hall–Kier alpha value is -1.56. The first kappa shape index (κ1) is 21.7. The van der Waals surface area contributed by atoms with Crippen LogP contribution in [0.25, 0.3) is 11.1 Å². The van der Waals surface area contributed by atoms with E-state index in [0.29, 0.717) is 11.3 Å². The van der Waals surface area contributed by atoms with Gasteiger partial charge in [-0.1, -0.05) is 37.5 Å². The van der Waals surface area contributed by atoms with Crippen molar-refractivity contribution >= 4 is 43.2 Å². The van der Waals surface area contributed by atoms with Crippen molar-refractivity contribution in [1.82, 2.24) is 0 Å². The van der Waals surface area contributed by atoms with E-state index >= 15 is 0 Å². The minimum atomic E-state index is -0.342. The number of benzene rings is 3. The van der Waals surface area contributed by atoms with Crippen molar-refractivity contribution < 1.29 is 23.3 Å². The summed E-state index contributed by atoms with van der Waals surface area (Å²) in [5, 5.41) is 9.88. The summed E-state index contributed by atoms with van der Waals surface area (Å²) in [6.45, 7) is 1.99. The summed E-state index contributed by atoms with van der Waals surface area (Å²) in [5.41, 5.74) is 4.77. The summed E-state index contributed by atoms with van der Waals surface area (Å²) in [5.74, 6) is -0.342. The first-order valence-electron chi connectivity index (χ1n) is 7.82. The molecule has 0 saturated carbocycles. The predicted molar refractivity (Wildman–Crippen MR) is 110 cm³/mol. The second-order valence-corrected chi connectivity index (χ2v) is 7.66. The maximum absolute atomic E-state index is 13.2. The number of nitrogens with zero attached hydrogens (tertiary/aromatic N) is 2. The van der Waals surface area contributed by atoms with Crippen LogP contribution in [0.15, 0.2) is 57.5 Å². The summed E-state index contributed by atoms with van der Waals surface area (Å²) in [6, 6.07) is 19.4. The molecule has 0 aliphatic heterocycles. The molecular formula is C21H14Br2FLiN2. The zero-order valence-corrected chi connectivity index (χ0v) is 18.3. The molecule has 130 valence electrons. The summed E-state index contributed by atoms with van der Waals surface area (Å²) < 4.78 is 15.1. The molecular weight excluding hydrogens is 466 g/mol. The third kappa shape index (κ3) is 4.65. The van der Waals surface area contributed by atoms with Gasteiger partial charge in [-0.05, 0) is 48.4 Å². The van der Waals surface area contributed by atoms with Gasteiger partial charge in [-0.2, -0.15) is 11.3 Å². The Kier molecular flexibility index (Phi) is 7.31. The Labute approximate surface area is 187 Å². The van der Waals surface area contributed by atoms with Gasteiger partial charge < -0.3 is 4.90 Å². The molecule has 0 unspecified atom stereocenters. The number of halogens is 3. The molecule has 3 aromatic rings. The van der Waals surface area contributed by atoms with Gasteiger partial charge >= 0.3 is 18.9 Å². The van der Waals surface area contributed by atoms with Crippen molar-refractivity contribution in [2.45, 2.75) is 6.92 Å². The van der Waals surface area contributed by atoms with Crippen LogP contribution in [-0.2, 0) is 0 Å². The van der Waals surface area contributed by atoms with Gasteiger partial charge in [0.2, 0.25) is 0 Å². The molecule has 27 heavy (non-hydrogen) atoms. The van der Waals surface area contributed by atoms with Crippen LogP contribution in [0, 0.1) is 30.1 Å². The summed E-state index contributed by atoms with van der Waals surface area (Å²) in [4.78, 5) is 1.85. The van der Waals surface area contributed by atoms with Crippen LogP contribution in [0.1, 0.15) is 11.1 Å². The minimum absolute atomic E-state index is 0. The van der Waals surface area contributed by atoms with Crippen LogP contribution < -0.4 is 23.8 Å². The van der Waals surface area contributed by atoms with Crippen LogP contribution in [-0.4, -0.2) is 7.05 Å². The van der Waals surface area contributed by atoms with E-state index < -0.39 is 0 Å². The number of aryl methyl sites for hydroxylation is 1. The largest absolute Gasteiger partial charge is 1.00 e. The van der Waals surface area contributed by atoms with Gasteiger partial charge in [-0.3, -0.25) is 4.39 Å². The molecule has 0 aromatic heterocycles. The molecule has 0 spiro atoms. The van der Waals surface area contributed by atoms with Gasteiger partial charge in [-0.15, -0.1) is 18.2 Å². The van der Waals surface area contributed by atoms with E-state index in [1.54, 1.807) is 6.07 Å². The Morgan fingerprint density at radius 1 is 1.07 bits per heavy atom. The molecule has 0 aliphatic carbocycles. The van der Waals surface area contributed by atoms with Crippen molar-refractivity contribution in [2.24, 2.45) is 0 Å². The average molecular weight is 480 g/mol. The monoisotopic (exact) mass is 478 g/mol. The van der Waals surface area contributed by atoms with Gasteiger partial charge in [0.1, 0.15) is 6.07 Å². The van der Waals surface area contributed by atoms with Crippen LogP contribution in [0.2, 0.25) is 0 Å². The Morgan fingerprint density at radius 3 is 2.44 bits per heavy atom. The van der Waals surface area contributed by atoms with Gasteiger partial charge in [-0.25, -0.2) is 0 Å². The second kappa shape index (κ2) is 9.09. The van der Waals surface area contributed by atoms with Crippen LogP contribution in [0.5, 0.6) is 0 Å². The Balaban J connectivity index is 0.00000261. The van der Waals surface area contributed by atoms with Crippen molar-refractivity contribution in [3.8, 4) is 17.2 Å². The zero-order chi connectivity index (χ0) is 18.8. The number of nitriles is 1. The zero-order valence-electron chi connectivity index (χ0n) is 15.1. The fourth-order valence-corrected chi connectivity index (χ4v) is 3.62. The second-order valence-electron chi connectivity index (χ2n) is 5.89. The summed E-state index contributed by atoms with van der Waals surface area (Å²) in [7, 11) is 1.85. The molecule has 0 heterocycles. The van der Waals surface area contributed by atoms with E-state index in [2.05, 4.69) is 44.0 Å². The average Bonchev–Trinajstić information content (AvgIpc) is 2.63. The standard InChI is InChI=1S/C21H14Br2FN2.Li/c1-13-9-17(18-11-14(22)3-8-20(18)23)19(12-25)21(10-13)26(2)16-6-4-15(24)5-7-16;/h3-6,8-11H,1-2H3;/q-1;+1. The quantitative estimate of drug-likeness (QED) is 0.422. The van der Waals surface area contributed by atoms with Crippen molar-refractivity contribution in [3.05, 3.63) is 80.5 Å². The van der Waals surface area contributed by atoms with Crippen LogP contribution in [0.3, 0.4) is 0 Å². The number of hydrogen-bond donors (Lipinski definition) is 0. The predicted octanol–water partition coefficient (Wildman–Crippen LogP) is 3.77. The van der Waals surface area contributed by atoms with Crippen molar-refractivity contribution in [1.29, 1.82) is 5.26 Å². The third-order valence-corrected chi connectivity index (χ3v) is 5.26. The minimum Gasteiger partial charge on any atom is -0.367 e. The molecule has 2 nitrogen and oxygen atoms in total. The maximum atomic E-state index is 13.2. The molecule has 3 rings (SSSR count). The molecule has 0 amide bonds. The number of rotatable bonds is 3. The number of anilines is 2. The molecule has 6 heteroatoms. The first-order chi connectivity index (χ1) is 12.4. The van der Waals surface area contributed by atoms with Gasteiger partial charge in [0.25, 0.3) is 0 Å². The molecule has 0 bridgehead atoms. The van der Waals surface area contributed by atoms with Gasteiger partial charge in [0.15, 0.2) is 0 Å². The molecule has 0 atom stereocenters. The normalized spacial score (nSPS) is 10.1. The van der Waals surface area contributed by atoms with E-state index in [4.69, 9.17) is 0 Å². The third-order valence-electron chi connectivity index (χ3n) is 4.07. The smallest absolute Gasteiger partial charge is 0.367 e. The summed E-state index contributed by atoms with van der Waals surface area (Å²) in [6.07, 6.45) is 0. The Bertz CT molecular complexity index is 1010. The number of hydrogen-bond acceptors (Lipinski definition) is 2. The van der Waals surface area contributed by atoms with Crippen molar-refractivity contribution in [2.75, 3.05) is 11.9 Å². The topological polar surface area (TPSA) is 27.0 Å². The molecule has 3 aromatic carbocycles. The van der Waals surface area contributed by atoms with E-state index in [-0.39, 0.29) is 24.7 Å². The van der Waals surface area contributed by atoms with Gasteiger partial charge in [0.05, 0.1) is 11.3 Å². The summed E-state index contributed by atoms with van der Waals surface area (Å²) >= 11 is 7.07. The molecule has 0 N–H and O–H groups in total. The van der Waals surface area contributed by atoms with Crippen LogP contribution in [0.4, 0.5) is 15.8 Å². The molecule has 0 fully saturated rings. The maximum Gasteiger partial charge on any atom is 1.00 e. The van der Waals surface area contributed by atoms with Crippen molar-refractivity contribution in [3.63, 3.8) is 0 Å². The van der Waals surface area contributed by atoms with Crippen LogP contribution >= 0.6 is 31.9 Å². The van der Waals surface area contributed by atoms with Gasteiger partial charge in [0, 0.05) is 27.4 Å². The van der Waals surface area contributed by atoms with E-state index in [9.17, 15) is 9.65 Å². The fraction of sp³-hybridized carbons (Fsp3) is 0.0952. The van der Waals surface area contributed by atoms with E-state index in [0.717, 1.165) is 31.3 Å². The fourth-order valence-electron chi connectivity index (χ4n) is 2.80. The molecule has 0 radical (unpaired) electrons. The molecule has 0 aliphatic rings. The van der Waals surface area contributed by atoms with E-state index in [1.807, 2.05) is 49.2 Å². The first-order valence-corrected chi connectivity index (χ1v) is 9.40.